The molecule has 0 spiro atoms. The molecule has 0 aliphatic heterocycles. The lowest BCUT2D eigenvalue weighted by Gasteiger charge is -2.16. The summed E-state index contributed by atoms with van der Waals surface area (Å²) in [6.45, 7) is 2.26. The summed E-state index contributed by atoms with van der Waals surface area (Å²) in [6, 6.07) is 5.47. The number of aromatic nitrogens is 1. The van der Waals surface area contributed by atoms with Gasteiger partial charge in [0.05, 0.1) is 16.8 Å². The van der Waals surface area contributed by atoms with Crippen LogP contribution < -0.4 is 11.1 Å². The number of rotatable bonds is 2. The molecule has 2 aromatic heterocycles. The van der Waals surface area contributed by atoms with Gasteiger partial charge in [0.15, 0.2) is 0 Å². The minimum atomic E-state index is -0.0661. The maximum Gasteiger partial charge on any atom is 0.265 e. The van der Waals surface area contributed by atoms with Crippen LogP contribution >= 0.6 is 11.3 Å². The lowest BCUT2D eigenvalue weighted by Crippen LogP contribution is -2.10. The highest BCUT2D eigenvalue weighted by atomic mass is 32.1. The molecule has 0 bridgehead atoms. The minimum absolute atomic E-state index is 0.0661. The van der Waals surface area contributed by atoms with E-state index >= 15 is 0 Å². The Balaban J connectivity index is 1.76. The van der Waals surface area contributed by atoms with Crippen molar-refractivity contribution in [1.29, 1.82) is 0 Å². The summed E-state index contributed by atoms with van der Waals surface area (Å²) in [6.07, 6.45) is 4.97. The summed E-state index contributed by atoms with van der Waals surface area (Å²) in [5.41, 5.74) is 7.54. The van der Waals surface area contributed by atoms with Gasteiger partial charge in [-0.2, -0.15) is 0 Å². The summed E-state index contributed by atoms with van der Waals surface area (Å²) < 4.78 is 0. The fraction of sp³-hybridized carbons (Fsp3) is 0.333. The fourth-order valence-electron chi connectivity index (χ4n) is 2.49. The second kappa shape index (κ2) is 5.25. The van der Waals surface area contributed by atoms with Crippen molar-refractivity contribution in [1.82, 2.24) is 4.98 Å². The monoisotopic (exact) mass is 287 g/mol. The lowest BCUT2D eigenvalue weighted by molar-refractivity contribution is 0.103. The topological polar surface area (TPSA) is 68.0 Å². The van der Waals surface area contributed by atoms with Crippen LogP contribution in [0.25, 0.3) is 0 Å². The normalized spacial score (nSPS) is 17.6. The van der Waals surface area contributed by atoms with Gasteiger partial charge in [0.25, 0.3) is 5.91 Å². The number of aryl methyl sites for hydroxylation is 1. The van der Waals surface area contributed by atoms with Crippen LogP contribution in [-0.2, 0) is 12.8 Å². The summed E-state index contributed by atoms with van der Waals surface area (Å²) in [5, 5.41) is 2.86. The van der Waals surface area contributed by atoms with E-state index < -0.39 is 0 Å². The molecular weight excluding hydrogens is 270 g/mol. The molecule has 20 heavy (non-hydrogen) atoms. The van der Waals surface area contributed by atoms with Crippen LogP contribution in [0.15, 0.2) is 24.4 Å². The highest BCUT2D eigenvalue weighted by Gasteiger charge is 2.20. The molecule has 0 radical (unpaired) electrons. The number of thiophene rings is 1. The van der Waals surface area contributed by atoms with Gasteiger partial charge in [-0.3, -0.25) is 4.79 Å². The number of hydrogen-bond acceptors (Lipinski definition) is 4. The van der Waals surface area contributed by atoms with Crippen LogP contribution in [0.3, 0.4) is 0 Å². The van der Waals surface area contributed by atoms with Crippen molar-refractivity contribution >= 4 is 28.7 Å². The minimum Gasteiger partial charge on any atom is -0.384 e. The Labute approximate surface area is 122 Å². The summed E-state index contributed by atoms with van der Waals surface area (Å²) in [5.74, 6) is 1.10. The van der Waals surface area contributed by atoms with Crippen molar-refractivity contribution in [3.05, 3.63) is 39.7 Å². The Hall–Kier alpha value is -1.88. The van der Waals surface area contributed by atoms with E-state index in [1.165, 1.54) is 16.9 Å². The van der Waals surface area contributed by atoms with Crippen molar-refractivity contribution in [2.45, 2.75) is 26.2 Å². The highest BCUT2D eigenvalue weighted by molar-refractivity contribution is 7.14. The van der Waals surface area contributed by atoms with Crippen LogP contribution in [0.2, 0.25) is 0 Å². The fourth-order valence-corrected chi connectivity index (χ4v) is 3.59. The van der Waals surface area contributed by atoms with Crippen molar-refractivity contribution in [3.63, 3.8) is 0 Å². The molecule has 1 aliphatic carbocycles. The molecule has 0 saturated heterocycles. The first-order valence-corrected chi connectivity index (χ1v) is 7.58. The van der Waals surface area contributed by atoms with Gasteiger partial charge in [-0.15, -0.1) is 11.3 Å². The van der Waals surface area contributed by atoms with Crippen LogP contribution in [0.5, 0.6) is 0 Å². The Morgan fingerprint density at radius 3 is 3.10 bits per heavy atom. The van der Waals surface area contributed by atoms with Gasteiger partial charge in [0.1, 0.15) is 5.82 Å². The molecule has 2 aromatic rings. The number of pyridine rings is 1. The molecule has 4 nitrogen and oxygen atoms in total. The number of nitrogens with zero attached hydrogens (tertiary/aromatic N) is 1. The first-order chi connectivity index (χ1) is 9.61. The number of nitrogens with two attached hydrogens (primary N) is 1. The predicted octanol–water partition coefficient (Wildman–Crippen LogP) is 3.10. The zero-order chi connectivity index (χ0) is 14.1. The van der Waals surface area contributed by atoms with Crippen LogP contribution in [0, 0.1) is 5.92 Å². The van der Waals surface area contributed by atoms with Crippen molar-refractivity contribution in [2.24, 2.45) is 5.92 Å². The molecule has 1 aliphatic rings. The van der Waals surface area contributed by atoms with Gasteiger partial charge in [-0.25, -0.2) is 4.98 Å². The first kappa shape index (κ1) is 13.1. The van der Waals surface area contributed by atoms with Gasteiger partial charge in [-0.05, 0) is 48.9 Å². The molecule has 3 rings (SSSR count). The average Bonchev–Trinajstić information content (AvgIpc) is 2.84. The third-order valence-electron chi connectivity index (χ3n) is 3.60. The summed E-state index contributed by atoms with van der Waals surface area (Å²) >= 11 is 1.61. The molecule has 1 amide bonds. The Kier molecular flexibility index (Phi) is 3.44. The maximum absolute atomic E-state index is 12.2. The first-order valence-electron chi connectivity index (χ1n) is 6.76. The molecule has 5 heteroatoms. The van der Waals surface area contributed by atoms with E-state index in [-0.39, 0.29) is 5.91 Å². The quantitative estimate of drug-likeness (QED) is 0.891. The average molecular weight is 287 g/mol. The van der Waals surface area contributed by atoms with E-state index in [2.05, 4.69) is 17.2 Å². The Bertz CT molecular complexity index is 633. The molecule has 1 atom stereocenters. The van der Waals surface area contributed by atoms with Gasteiger partial charge < -0.3 is 11.1 Å². The van der Waals surface area contributed by atoms with E-state index in [0.29, 0.717) is 17.4 Å². The smallest absolute Gasteiger partial charge is 0.265 e. The predicted molar refractivity (Wildman–Crippen MR) is 82.1 cm³/mol. The van der Waals surface area contributed by atoms with E-state index in [9.17, 15) is 4.79 Å². The van der Waals surface area contributed by atoms with Crippen molar-refractivity contribution < 1.29 is 4.79 Å². The zero-order valence-corrected chi connectivity index (χ0v) is 12.2. The third-order valence-corrected chi connectivity index (χ3v) is 4.83. The standard InChI is InChI=1S/C15H17N3OS/c1-9-2-4-12-10(6-9)7-13(20-12)15(19)18-11-3-5-14(16)17-8-11/h3,5,7-9H,2,4,6H2,1H3,(H2,16,17)(H,18,19). The number of hydrogen-bond donors (Lipinski definition) is 2. The van der Waals surface area contributed by atoms with Gasteiger partial charge in [0.2, 0.25) is 0 Å². The maximum atomic E-state index is 12.2. The lowest BCUT2D eigenvalue weighted by atomic mass is 9.90. The van der Waals surface area contributed by atoms with Gasteiger partial charge >= 0.3 is 0 Å². The number of amides is 1. The van der Waals surface area contributed by atoms with E-state index in [4.69, 9.17) is 5.73 Å². The molecule has 2 heterocycles. The van der Waals surface area contributed by atoms with Gasteiger partial charge in [0, 0.05) is 4.88 Å². The molecule has 0 fully saturated rings. The Morgan fingerprint density at radius 2 is 2.35 bits per heavy atom. The van der Waals surface area contributed by atoms with Gasteiger partial charge in [-0.1, -0.05) is 6.92 Å². The SMILES string of the molecule is CC1CCc2sc(C(=O)Nc3ccc(N)nc3)cc2C1. The molecule has 104 valence electrons. The van der Waals surface area contributed by atoms with Crippen molar-refractivity contribution in [2.75, 3.05) is 11.1 Å². The van der Waals surface area contributed by atoms with E-state index in [1.807, 2.05) is 6.07 Å². The number of anilines is 2. The van der Waals surface area contributed by atoms with Crippen molar-refractivity contribution in [3.8, 4) is 0 Å². The van der Waals surface area contributed by atoms with Crippen LogP contribution in [0.4, 0.5) is 11.5 Å². The van der Waals surface area contributed by atoms with E-state index in [1.54, 1.807) is 29.7 Å². The molecule has 0 saturated carbocycles. The Morgan fingerprint density at radius 1 is 1.50 bits per heavy atom. The highest BCUT2D eigenvalue weighted by Crippen LogP contribution is 2.32. The number of fused-ring (bicyclic) bond motifs is 1. The molecule has 3 N–H and O–H groups in total. The molecule has 1 unspecified atom stereocenters. The number of carbonyl (C=O) groups excluding carboxylic acids is 1. The van der Waals surface area contributed by atoms with E-state index in [0.717, 1.165) is 17.7 Å². The molecular formula is C15H17N3OS. The number of nitrogen functional groups attached to an aromatic ring is 1. The second-order valence-corrected chi connectivity index (χ2v) is 6.47. The third kappa shape index (κ3) is 2.67. The second-order valence-electron chi connectivity index (χ2n) is 5.33. The largest absolute Gasteiger partial charge is 0.384 e. The number of nitrogens with one attached hydrogen (secondary N) is 1. The van der Waals surface area contributed by atoms with Crippen LogP contribution in [0.1, 0.15) is 33.5 Å². The van der Waals surface area contributed by atoms with Crippen LogP contribution in [-0.4, -0.2) is 10.9 Å². The zero-order valence-electron chi connectivity index (χ0n) is 11.3. The molecule has 0 aromatic carbocycles. The summed E-state index contributed by atoms with van der Waals surface area (Å²) in [4.78, 5) is 18.3. The summed E-state index contributed by atoms with van der Waals surface area (Å²) in [7, 11) is 0. The number of carbonyl (C=O) groups is 1.